The number of hydrogen-bond donors (Lipinski definition) is 1. The van der Waals surface area contributed by atoms with Crippen LogP contribution in [0.15, 0.2) is 30.3 Å². The van der Waals surface area contributed by atoms with Gasteiger partial charge >= 0.3 is 12.1 Å². The second-order valence-electron chi connectivity index (χ2n) is 10.3. The van der Waals surface area contributed by atoms with Gasteiger partial charge in [-0.2, -0.15) is 0 Å². The molecule has 1 N–H and O–H groups in total. The molecule has 0 spiro atoms. The van der Waals surface area contributed by atoms with Crippen LogP contribution in [0.1, 0.15) is 66.9 Å². The average Bonchev–Trinajstić information content (AvgIpc) is 2.79. The molecule has 0 saturated heterocycles. The van der Waals surface area contributed by atoms with Gasteiger partial charge in [0.2, 0.25) is 5.91 Å². The van der Waals surface area contributed by atoms with E-state index < -0.39 is 29.9 Å². The molecule has 1 rings (SSSR count). The van der Waals surface area contributed by atoms with Crippen LogP contribution in [-0.4, -0.2) is 60.8 Å². The van der Waals surface area contributed by atoms with Crippen LogP contribution in [0, 0.1) is 11.8 Å². The quantitative estimate of drug-likeness (QED) is 0.430. The highest BCUT2D eigenvalue weighted by molar-refractivity contribution is 5.86. The van der Waals surface area contributed by atoms with Gasteiger partial charge < -0.3 is 24.4 Å². The highest BCUT2D eigenvalue weighted by atomic mass is 16.6. The summed E-state index contributed by atoms with van der Waals surface area (Å²) in [6.07, 6.45) is -0.438. The number of methoxy groups -OCH3 is 1. The molecular formula is C27H44N2O6. The van der Waals surface area contributed by atoms with Crippen molar-refractivity contribution in [2.45, 2.75) is 91.7 Å². The number of benzene rings is 1. The number of alkyl carbamates (subject to hydrolysis) is 1. The van der Waals surface area contributed by atoms with Gasteiger partial charge in [0.1, 0.15) is 18.2 Å². The molecule has 0 radical (unpaired) electrons. The molecular weight excluding hydrogens is 448 g/mol. The van der Waals surface area contributed by atoms with Crippen LogP contribution >= 0.6 is 0 Å². The van der Waals surface area contributed by atoms with E-state index in [2.05, 4.69) is 5.32 Å². The van der Waals surface area contributed by atoms with Crippen molar-refractivity contribution in [3.8, 4) is 0 Å². The monoisotopic (exact) mass is 492 g/mol. The molecule has 0 heterocycles. The Balaban J connectivity index is 2.99. The Morgan fingerprint density at radius 3 is 2.14 bits per heavy atom. The smallest absolute Gasteiger partial charge is 0.408 e. The van der Waals surface area contributed by atoms with E-state index in [0.717, 1.165) is 12.0 Å². The van der Waals surface area contributed by atoms with Crippen molar-refractivity contribution in [3.63, 3.8) is 0 Å². The van der Waals surface area contributed by atoms with Crippen LogP contribution in [0.4, 0.5) is 4.79 Å². The van der Waals surface area contributed by atoms with Gasteiger partial charge in [0.15, 0.2) is 0 Å². The summed E-state index contributed by atoms with van der Waals surface area (Å²) < 4.78 is 16.5. The van der Waals surface area contributed by atoms with Gasteiger partial charge in [-0.15, -0.1) is 0 Å². The number of nitrogens with zero attached hydrogens (tertiary/aromatic N) is 1. The number of nitrogens with one attached hydrogen (secondary N) is 1. The Hall–Kier alpha value is -2.61. The summed E-state index contributed by atoms with van der Waals surface area (Å²) in [4.78, 5) is 40.2. The van der Waals surface area contributed by atoms with E-state index in [4.69, 9.17) is 14.2 Å². The Kier molecular flexibility index (Phi) is 12.2. The molecule has 0 bridgehead atoms. The maximum atomic E-state index is 13.6. The summed E-state index contributed by atoms with van der Waals surface area (Å²) >= 11 is 0. The first-order chi connectivity index (χ1) is 16.3. The fourth-order valence-electron chi connectivity index (χ4n) is 3.90. The van der Waals surface area contributed by atoms with Crippen molar-refractivity contribution in [1.29, 1.82) is 0 Å². The minimum absolute atomic E-state index is 0.0132. The van der Waals surface area contributed by atoms with Crippen LogP contribution in [0.5, 0.6) is 0 Å². The van der Waals surface area contributed by atoms with Crippen LogP contribution < -0.4 is 5.32 Å². The van der Waals surface area contributed by atoms with E-state index in [1.165, 1.54) is 7.11 Å². The average molecular weight is 493 g/mol. The molecule has 4 atom stereocenters. The molecule has 0 fully saturated rings. The lowest BCUT2D eigenvalue weighted by Gasteiger charge is -2.39. The zero-order valence-corrected chi connectivity index (χ0v) is 22.8. The molecule has 198 valence electrons. The highest BCUT2D eigenvalue weighted by Gasteiger charge is 2.38. The standard InChI is InChI=1S/C27H44N2O6/c1-10-19(4)24(21(33-9)16-22(30)35-27(5,6)7)29(8)25(31)23(18(2)3)28-26(32)34-17-20-14-12-11-13-15-20/h11-15,18-19,21,23-24H,10,16-17H2,1-9H3,(H,28,32)/t19-,21+,23?,24-/m0/s1. The van der Waals surface area contributed by atoms with Gasteiger partial charge in [-0.1, -0.05) is 64.4 Å². The molecule has 0 aliphatic carbocycles. The number of hydrogen-bond acceptors (Lipinski definition) is 6. The number of carbonyl (C=O) groups is 3. The first-order valence-electron chi connectivity index (χ1n) is 12.3. The van der Waals surface area contributed by atoms with Crippen LogP contribution in [0.3, 0.4) is 0 Å². The molecule has 2 amide bonds. The molecule has 8 nitrogen and oxygen atoms in total. The van der Waals surface area contributed by atoms with Crippen molar-refractivity contribution in [3.05, 3.63) is 35.9 Å². The zero-order chi connectivity index (χ0) is 26.8. The van der Waals surface area contributed by atoms with E-state index in [1.807, 2.05) is 78.8 Å². The number of esters is 1. The van der Waals surface area contributed by atoms with Crippen molar-refractivity contribution < 1.29 is 28.6 Å². The largest absolute Gasteiger partial charge is 0.460 e. The van der Waals surface area contributed by atoms with Gasteiger partial charge in [0.05, 0.1) is 18.6 Å². The number of likely N-dealkylation sites (N-methyl/N-ethyl adjacent to an activating group) is 1. The molecule has 0 aliphatic heterocycles. The normalized spacial score (nSPS) is 15.0. The SMILES string of the molecule is CC[C@H](C)[C@@H]([C@@H](CC(=O)OC(C)(C)C)OC)N(C)C(=O)C(NC(=O)OCc1ccccc1)C(C)C. The fraction of sp³-hybridized carbons (Fsp3) is 0.667. The third-order valence-electron chi connectivity index (χ3n) is 5.91. The summed E-state index contributed by atoms with van der Waals surface area (Å²) in [5.41, 5.74) is 0.240. The summed E-state index contributed by atoms with van der Waals surface area (Å²) in [6.45, 7) is 13.3. The van der Waals surface area contributed by atoms with E-state index in [0.29, 0.717) is 0 Å². The van der Waals surface area contributed by atoms with E-state index in [-0.39, 0.29) is 36.7 Å². The molecule has 8 heteroatoms. The molecule has 1 aromatic carbocycles. The van der Waals surface area contributed by atoms with Crippen molar-refractivity contribution in [2.24, 2.45) is 11.8 Å². The molecule has 0 saturated carbocycles. The number of rotatable bonds is 12. The third kappa shape index (κ3) is 10.3. The lowest BCUT2D eigenvalue weighted by Crippen LogP contribution is -2.57. The lowest BCUT2D eigenvalue weighted by atomic mass is 9.90. The minimum Gasteiger partial charge on any atom is -0.460 e. The fourth-order valence-corrected chi connectivity index (χ4v) is 3.90. The van der Waals surface area contributed by atoms with Crippen LogP contribution in [-0.2, 0) is 30.4 Å². The van der Waals surface area contributed by atoms with Gasteiger partial charge in [-0.05, 0) is 38.2 Å². The van der Waals surface area contributed by atoms with Crippen molar-refractivity contribution in [2.75, 3.05) is 14.2 Å². The topological polar surface area (TPSA) is 94.2 Å². The number of ether oxygens (including phenoxy) is 3. The molecule has 35 heavy (non-hydrogen) atoms. The minimum atomic E-state index is -0.797. The predicted octanol–water partition coefficient (Wildman–Crippen LogP) is 4.56. The van der Waals surface area contributed by atoms with E-state index in [1.54, 1.807) is 11.9 Å². The van der Waals surface area contributed by atoms with E-state index >= 15 is 0 Å². The zero-order valence-electron chi connectivity index (χ0n) is 22.8. The predicted molar refractivity (Wildman–Crippen MR) is 136 cm³/mol. The molecule has 1 aromatic rings. The summed E-state index contributed by atoms with van der Waals surface area (Å²) in [6, 6.07) is 8.14. The summed E-state index contributed by atoms with van der Waals surface area (Å²) in [5, 5.41) is 2.72. The van der Waals surface area contributed by atoms with Crippen LogP contribution in [0.25, 0.3) is 0 Å². The van der Waals surface area contributed by atoms with Gasteiger partial charge in [0, 0.05) is 14.2 Å². The summed E-state index contributed by atoms with van der Waals surface area (Å²) in [7, 11) is 3.22. The van der Waals surface area contributed by atoms with Gasteiger partial charge in [0.25, 0.3) is 0 Å². The Morgan fingerprint density at radius 1 is 1.06 bits per heavy atom. The third-order valence-corrected chi connectivity index (χ3v) is 5.91. The Labute approximate surface area is 210 Å². The summed E-state index contributed by atoms with van der Waals surface area (Å²) in [5.74, 6) is -0.803. The molecule has 0 aromatic heterocycles. The maximum absolute atomic E-state index is 13.6. The second-order valence-corrected chi connectivity index (χ2v) is 10.3. The first kappa shape index (κ1) is 30.4. The van der Waals surface area contributed by atoms with Gasteiger partial charge in [-0.25, -0.2) is 4.79 Å². The Morgan fingerprint density at radius 2 is 1.66 bits per heavy atom. The Bertz CT molecular complexity index is 806. The van der Waals surface area contributed by atoms with E-state index in [9.17, 15) is 14.4 Å². The van der Waals surface area contributed by atoms with Crippen molar-refractivity contribution in [1.82, 2.24) is 10.2 Å². The highest BCUT2D eigenvalue weighted by Crippen LogP contribution is 2.24. The van der Waals surface area contributed by atoms with Crippen molar-refractivity contribution >= 4 is 18.0 Å². The number of carbonyl (C=O) groups excluding carboxylic acids is 3. The number of amides is 2. The first-order valence-corrected chi connectivity index (χ1v) is 12.3. The van der Waals surface area contributed by atoms with Crippen LogP contribution in [0.2, 0.25) is 0 Å². The molecule has 0 aliphatic rings. The molecule has 1 unspecified atom stereocenters. The second kappa shape index (κ2) is 14.1. The lowest BCUT2D eigenvalue weighted by molar-refractivity contribution is -0.160. The van der Waals surface area contributed by atoms with Gasteiger partial charge in [-0.3, -0.25) is 9.59 Å². The maximum Gasteiger partial charge on any atom is 0.408 e.